The Balaban J connectivity index is 1.75. The van der Waals surface area contributed by atoms with Crippen LogP contribution in [0.1, 0.15) is 87.2 Å². The Hall–Kier alpha value is -2.55. The minimum Gasteiger partial charge on any atom is -0.491 e. The number of hydrogen-bond donors (Lipinski definition) is 1. The summed E-state index contributed by atoms with van der Waals surface area (Å²) in [7, 11) is 0. The van der Waals surface area contributed by atoms with Crippen LogP contribution in [0, 0.1) is 11.7 Å². The average molecular weight is 631 g/mol. The molecule has 234 valence electrons. The van der Waals surface area contributed by atoms with Gasteiger partial charge in [-0.25, -0.2) is 4.39 Å². The number of aldehydes is 1. The Morgan fingerprint density at radius 2 is 2.05 bits per heavy atom. The quantitative estimate of drug-likeness (QED) is 0.190. The molecule has 2 aliphatic rings. The minimum atomic E-state index is -0.357. The number of hydrogen-bond acceptors (Lipinski definition) is 6. The van der Waals surface area contributed by atoms with Crippen molar-refractivity contribution in [1.82, 2.24) is 4.72 Å². The van der Waals surface area contributed by atoms with Gasteiger partial charge in [0.05, 0.1) is 23.4 Å². The molecule has 2 bridgehead atoms. The summed E-state index contributed by atoms with van der Waals surface area (Å²) in [5, 5.41) is 0.351. The van der Waals surface area contributed by atoms with Gasteiger partial charge in [-0.2, -0.15) is 0 Å². The fraction of sp³-hybridized carbons (Fsp3) is 0.529. The van der Waals surface area contributed by atoms with Crippen LogP contribution in [0.5, 0.6) is 5.75 Å². The van der Waals surface area contributed by atoms with Crippen molar-refractivity contribution in [3.8, 4) is 5.75 Å². The first kappa shape index (κ1) is 33.3. The van der Waals surface area contributed by atoms with Gasteiger partial charge in [0.25, 0.3) is 5.91 Å². The molecule has 0 saturated carbocycles. The zero-order chi connectivity index (χ0) is 30.9. The van der Waals surface area contributed by atoms with Crippen molar-refractivity contribution in [2.75, 3.05) is 31.2 Å². The number of anilines is 1. The Morgan fingerprint density at radius 3 is 2.79 bits per heavy atom. The highest BCUT2D eigenvalue weighted by Gasteiger charge is 2.30. The van der Waals surface area contributed by atoms with Crippen molar-refractivity contribution in [3.63, 3.8) is 0 Å². The van der Waals surface area contributed by atoms with Crippen LogP contribution in [0.25, 0.3) is 0 Å². The lowest BCUT2D eigenvalue weighted by molar-refractivity contribution is -0.114. The van der Waals surface area contributed by atoms with Gasteiger partial charge in [0.1, 0.15) is 24.5 Å². The molecule has 0 aliphatic carbocycles. The first-order chi connectivity index (χ1) is 20.8. The maximum atomic E-state index is 15.3. The lowest BCUT2D eigenvalue weighted by Gasteiger charge is -2.32. The topological polar surface area (TPSA) is 67.9 Å². The zero-order valence-corrected chi connectivity index (χ0v) is 27.2. The van der Waals surface area contributed by atoms with Crippen molar-refractivity contribution in [2.24, 2.45) is 5.92 Å². The third-order valence-corrected chi connectivity index (χ3v) is 9.76. The lowest BCUT2D eigenvalue weighted by atomic mass is 9.89. The molecular weight excluding hydrogens is 587 g/mol. The van der Waals surface area contributed by atoms with E-state index in [0.717, 1.165) is 55.2 Å². The maximum Gasteiger partial charge on any atom is 0.261 e. The van der Waals surface area contributed by atoms with E-state index < -0.39 is 0 Å². The fourth-order valence-corrected chi connectivity index (χ4v) is 6.99. The smallest absolute Gasteiger partial charge is 0.261 e. The second-order valence-corrected chi connectivity index (χ2v) is 13.2. The number of nitrogens with one attached hydrogen (secondary N) is 1. The van der Waals surface area contributed by atoms with Crippen LogP contribution in [-0.2, 0) is 16.0 Å². The highest BCUT2D eigenvalue weighted by molar-refractivity contribution is 7.98. The van der Waals surface area contributed by atoms with E-state index in [1.807, 2.05) is 25.1 Å². The molecule has 4 unspecified atom stereocenters. The number of rotatable bonds is 7. The van der Waals surface area contributed by atoms with Crippen LogP contribution >= 0.6 is 23.5 Å². The van der Waals surface area contributed by atoms with Crippen molar-refractivity contribution in [2.45, 2.75) is 83.5 Å². The van der Waals surface area contributed by atoms with E-state index in [1.54, 1.807) is 12.1 Å². The molecule has 2 aromatic rings. The number of allylic oxidation sites excluding steroid dienone is 1. The van der Waals surface area contributed by atoms with E-state index in [1.165, 1.54) is 11.9 Å². The second kappa shape index (κ2) is 16.0. The molecular formula is C34H44ClFN2O4S. The summed E-state index contributed by atoms with van der Waals surface area (Å²) in [6.45, 7) is 10.1. The van der Waals surface area contributed by atoms with Crippen molar-refractivity contribution < 1.29 is 23.5 Å². The van der Waals surface area contributed by atoms with Crippen LogP contribution in [0.2, 0.25) is 5.02 Å². The maximum absolute atomic E-state index is 15.3. The number of halogens is 2. The van der Waals surface area contributed by atoms with E-state index in [0.29, 0.717) is 43.0 Å². The number of benzene rings is 2. The number of carbonyl (C=O) groups is 2. The molecule has 2 heterocycles. The van der Waals surface area contributed by atoms with Gasteiger partial charge in [-0.15, -0.1) is 0 Å². The van der Waals surface area contributed by atoms with Crippen LogP contribution in [0.15, 0.2) is 42.0 Å². The van der Waals surface area contributed by atoms with Crippen LogP contribution in [-0.4, -0.2) is 49.9 Å². The number of ether oxygens (including phenoxy) is 2. The van der Waals surface area contributed by atoms with Gasteiger partial charge in [0.2, 0.25) is 0 Å². The van der Waals surface area contributed by atoms with Crippen LogP contribution in [0.4, 0.5) is 10.1 Å². The number of fused-ring (bicyclic) bond motifs is 1. The van der Waals surface area contributed by atoms with Crippen molar-refractivity contribution in [3.05, 3.63) is 69.5 Å². The van der Waals surface area contributed by atoms with Gasteiger partial charge in [-0.1, -0.05) is 57.4 Å². The molecule has 6 nitrogen and oxygen atoms in total. The van der Waals surface area contributed by atoms with Gasteiger partial charge in [-0.05, 0) is 91.4 Å². The molecule has 0 aromatic heterocycles. The number of carbonyl (C=O) groups excluding carboxylic acids is 2. The Morgan fingerprint density at radius 1 is 1.23 bits per heavy atom. The van der Waals surface area contributed by atoms with Crippen molar-refractivity contribution >= 4 is 41.4 Å². The zero-order valence-electron chi connectivity index (χ0n) is 25.7. The van der Waals surface area contributed by atoms with Crippen LogP contribution < -0.4 is 14.4 Å². The van der Waals surface area contributed by atoms with Gasteiger partial charge in [0.15, 0.2) is 0 Å². The Bertz CT molecular complexity index is 1310. The van der Waals surface area contributed by atoms with Crippen molar-refractivity contribution in [1.29, 1.82) is 0 Å². The lowest BCUT2D eigenvalue weighted by Crippen LogP contribution is -2.34. The van der Waals surface area contributed by atoms with Crippen LogP contribution in [0.3, 0.4) is 0 Å². The summed E-state index contributed by atoms with van der Waals surface area (Å²) in [6, 6.07) is 9.14. The summed E-state index contributed by atoms with van der Waals surface area (Å²) in [5.41, 5.74) is 4.09. The summed E-state index contributed by atoms with van der Waals surface area (Å²) in [4.78, 5) is 26.7. The Labute approximate surface area is 264 Å². The predicted octanol–water partition coefficient (Wildman–Crippen LogP) is 7.92. The molecule has 0 radical (unpaired) electrons. The molecule has 1 amide bonds. The summed E-state index contributed by atoms with van der Waals surface area (Å²) >= 11 is 7.63. The summed E-state index contributed by atoms with van der Waals surface area (Å²) in [5.74, 6) is 0.273. The predicted molar refractivity (Wildman–Crippen MR) is 174 cm³/mol. The second-order valence-electron chi connectivity index (χ2n) is 11.6. The molecule has 0 spiro atoms. The number of amides is 1. The standard InChI is InChI=1S/C34H44ClFN2O4S/c1-5-8-28-27(12-13-29(35)32(28)36)26-20-38-16-15-24(6-2)33(41-18-17-39)22(3)9-7-10-23(4)43-37-34(40)25-11-14-31(42-21-26)30(38)19-25/h9,11-14,17,19,23-24,26,33H,5-8,10,15-16,18,20-21H2,1-4H3,(H,37,40)/b22-9+. The van der Waals surface area contributed by atoms with Gasteiger partial charge >= 0.3 is 0 Å². The first-order valence-electron chi connectivity index (χ1n) is 15.4. The molecule has 4 atom stereocenters. The van der Waals surface area contributed by atoms with Gasteiger partial charge in [0, 0.05) is 29.8 Å². The van der Waals surface area contributed by atoms with E-state index in [2.05, 4.69) is 36.5 Å². The van der Waals surface area contributed by atoms with Gasteiger partial charge in [-0.3, -0.25) is 9.52 Å². The molecule has 2 aromatic carbocycles. The van der Waals surface area contributed by atoms with E-state index in [4.69, 9.17) is 21.1 Å². The van der Waals surface area contributed by atoms with E-state index in [-0.39, 0.29) is 46.5 Å². The van der Waals surface area contributed by atoms with Gasteiger partial charge < -0.3 is 19.2 Å². The molecule has 43 heavy (non-hydrogen) atoms. The third-order valence-electron chi connectivity index (χ3n) is 8.52. The molecule has 0 saturated heterocycles. The average Bonchev–Trinajstić information content (AvgIpc) is 3.18. The minimum absolute atomic E-state index is 0.0544. The molecule has 4 rings (SSSR count). The highest BCUT2D eigenvalue weighted by Crippen LogP contribution is 2.38. The molecule has 1 N–H and O–H groups in total. The number of nitrogens with zero attached hydrogens (tertiary/aromatic N) is 1. The van der Waals surface area contributed by atoms with E-state index >= 15 is 4.39 Å². The molecule has 9 heteroatoms. The summed E-state index contributed by atoms with van der Waals surface area (Å²) in [6.07, 6.45) is 7.68. The van der Waals surface area contributed by atoms with E-state index in [9.17, 15) is 9.59 Å². The largest absolute Gasteiger partial charge is 0.491 e. The monoisotopic (exact) mass is 630 g/mol. The SMILES string of the molecule is CCCc1c(C2COc3ccc4cc3N(CCC(CC)C(OCC=O)/C(C)=C/CCC(C)SNC4=O)C2)ccc(Cl)c1F. The molecule has 2 aliphatic heterocycles. The molecule has 0 fully saturated rings. The first-order valence-corrected chi connectivity index (χ1v) is 16.7. The highest BCUT2D eigenvalue weighted by atomic mass is 35.5. The third kappa shape index (κ3) is 8.34. The normalized spacial score (nSPS) is 24.7. The summed E-state index contributed by atoms with van der Waals surface area (Å²) < 4.78 is 30.8. The Kier molecular flexibility index (Phi) is 12.4. The fourth-order valence-electron chi connectivity index (χ4n) is 6.14.